The third-order valence-corrected chi connectivity index (χ3v) is 4.27. The van der Waals surface area contributed by atoms with Gasteiger partial charge in [0, 0.05) is 17.2 Å². The number of hydrogen-bond acceptors (Lipinski definition) is 2. The Kier molecular flexibility index (Phi) is 2.23. The van der Waals surface area contributed by atoms with E-state index < -0.39 is 0 Å². The zero-order valence-corrected chi connectivity index (χ0v) is 9.36. The maximum absolute atomic E-state index is 12.3. The summed E-state index contributed by atoms with van der Waals surface area (Å²) in [6, 6.07) is 7.37. The number of benzene rings is 1. The van der Waals surface area contributed by atoms with Gasteiger partial charge >= 0.3 is 0 Å². The zero-order chi connectivity index (χ0) is 11.1. The predicted molar refractivity (Wildman–Crippen MR) is 64.1 cm³/mol. The van der Waals surface area contributed by atoms with Crippen LogP contribution in [-0.2, 0) is 0 Å². The molecule has 2 aliphatic rings. The van der Waals surface area contributed by atoms with E-state index >= 15 is 0 Å². The van der Waals surface area contributed by atoms with Gasteiger partial charge in [-0.3, -0.25) is 4.79 Å². The normalized spacial score (nSPS) is 31.9. The highest BCUT2D eigenvalue weighted by Crippen LogP contribution is 2.49. The molecule has 3 rings (SSSR count). The molecule has 0 radical (unpaired) electrons. The Morgan fingerprint density at radius 3 is 2.44 bits per heavy atom. The molecular weight excluding hydrogens is 198 g/mol. The lowest BCUT2D eigenvalue weighted by Crippen LogP contribution is -2.20. The van der Waals surface area contributed by atoms with Gasteiger partial charge in [-0.1, -0.05) is 6.42 Å². The first-order valence-electron chi connectivity index (χ1n) is 6.14. The van der Waals surface area contributed by atoms with Crippen molar-refractivity contribution in [1.82, 2.24) is 0 Å². The molecule has 0 spiro atoms. The van der Waals surface area contributed by atoms with Gasteiger partial charge in [-0.05, 0) is 55.4 Å². The van der Waals surface area contributed by atoms with Gasteiger partial charge in [0.1, 0.15) is 0 Å². The summed E-state index contributed by atoms with van der Waals surface area (Å²) in [6.45, 7) is 0. The lowest BCUT2D eigenvalue weighted by atomic mass is 9.83. The van der Waals surface area contributed by atoms with Gasteiger partial charge in [0.15, 0.2) is 5.78 Å². The number of carbonyl (C=O) groups is 1. The van der Waals surface area contributed by atoms with Gasteiger partial charge in [0.05, 0.1) is 0 Å². The van der Waals surface area contributed by atoms with Crippen molar-refractivity contribution in [3.8, 4) is 0 Å². The summed E-state index contributed by atoms with van der Waals surface area (Å²) in [6.07, 6.45) is 5.01. The topological polar surface area (TPSA) is 43.1 Å². The summed E-state index contributed by atoms with van der Waals surface area (Å²) < 4.78 is 0. The molecule has 84 valence electrons. The van der Waals surface area contributed by atoms with E-state index in [1.807, 2.05) is 24.3 Å². The zero-order valence-electron chi connectivity index (χ0n) is 9.36. The number of nitrogens with two attached hydrogens (primary N) is 1. The number of carbonyl (C=O) groups excluding carboxylic acids is 1. The number of fused-ring (bicyclic) bond motifs is 2. The summed E-state index contributed by atoms with van der Waals surface area (Å²) >= 11 is 0. The molecule has 3 unspecified atom stereocenters. The van der Waals surface area contributed by atoms with Crippen molar-refractivity contribution in [2.45, 2.75) is 25.7 Å². The van der Waals surface area contributed by atoms with Crippen LogP contribution in [0.4, 0.5) is 5.69 Å². The maximum Gasteiger partial charge on any atom is 0.166 e. The van der Waals surface area contributed by atoms with Gasteiger partial charge in [0.25, 0.3) is 0 Å². The number of Topliss-reactive ketones (excluding diaryl/α,β-unsaturated/α-hetero) is 1. The molecule has 1 aromatic carbocycles. The van der Waals surface area contributed by atoms with E-state index in [4.69, 9.17) is 5.73 Å². The summed E-state index contributed by atoms with van der Waals surface area (Å²) in [5.41, 5.74) is 7.20. The summed E-state index contributed by atoms with van der Waals surface area (Å²) in [5.74, 6) is 2.12. The van der Waals surface area contributed by atoms with Crippen molar-refractivity contribution in [1.29, 1.82) is 0 Å². The second kappa shape index (κ2) is 3.62. The summed E-state index contributed by atoms with van der Waals surface area (Å²) in [7, 11) is 0. The smallest absolute Gasteiger partial charge is 0.166 e. The quantitative estimate of drug-likeness (QED) is 0.609. The minimum absolute atomic E-state index is 0.294. The second-order valence-electron chi connectivity index (χ2n) is 5.27. The minimum atomic E-state index is 0.294. The van der Waals surface area contributed by atoms with Crippen LogP contribution in [0.5, 0.6) is 0 Å². The maximum atomic E-state index is 12.3. The molecule has 0 amide bonds. The number of anilines is 1. The fourth-order valence-electron chi connectivity index (χ4n) is 3.43. The van der Waals surface area contributed by atoms with Gasteiger partial charge in [-0.2, -0.15) is 0 Å². The monoisotopic (exact) mass is 215 g/mol. The van der Waals surface area contributed by atoms with Crippen LogP contribution < -0.4 is 5.73 Å². The molecule has 2 nitrogen and oxygen atoms in total. The Morgan fingerprint density at radius 2 is 1.88 bits per heavy atom. The number of hydrogen-bond donors (Lipinski definition) is 1. The number of rotatable bonds is 2. The van der Waals surface area contributed by atoms with E-state index in [1.54, 1.807) is 0 Å². The predicted octanol–water partition coefficient (Wildman–Crippen LogP) is 2.89. The summed E-state index contributed by atoms with van der Waals surface area (Å²) in [4.78, 5) is 12.3. The fraction of sp³-hybridized carbons (Fsp3) is 0.500. The van der Waals surface area contributed by atoms with Crippen molar-refractivity contribution < 1.29 is 4.79 Å². The van der Waals surface area contributed by atoms with Crippen molar-refractivity contribution in [3.63, 3.8) is 0 Å². The Morgan fingerprint density at radius 1 is 1.12 bits per heavy atom. The van der Waals surface area contributed by atoms with Gasteiger partial charge in [-0.25, -0.2) is 0 Å². The molecule has 2 saturated carbocycles. The third kappa shape index (κ3) is 1.53. The lowest BCUT2D eigenvalue weighted by molar-refractivity contribution is 0.0875. The van der Waals surface area contributed by atoms with Gasteiger partial charge in [-0.15, -0.1) is 0 Å². The van der Waals surface area contributed by atoms with Crippen LogP contribution in [0.1, 0.15) is 36.0 Å². The third-order valence-electron chi connectivity index (χ3n) is 4.27. The highest BCUT2D eigenvalue weighted by atomic mass is 16.1. The molecule has 2 aliphatic carbocycles. The van der Waals surface area contributed by atoms with Crippen LogP contribution in [0, 0.1) is 17.8 Å². The van der Waals surface area contributed by atoms with E-state index in [0.29, 0.717) is 17.6 Å². The highest BCUT2D eigenvalue weighted by Gasteiger charge is 2.42. The molecule has 1 aromatic rings. The molecule has 3 atom stereocenters. The Bertz CT molecular complexity index is 409. The van der Waals surface area contributed by atoms with Gasteiger partial charge < -0.3 is 5.73 Å². The SMILES string of the molecule is Nc1ccc(C(=O)C2CC3CCC2C3)cc1. The molecule has 0 heterocycles. The molecule has 16 heavy (non-hydrogen) atoms. The van der Waals surface area contributed by atoms with Crippen LogP contribution in [-0.4, -0.2) is 5.78 Å². The Labute approximate surface area is 95.8 Å². The van der Waals surface area contributed by atoms with Crippen LogP contribution >= 0.6 is 0 Å². The van der Waals surface area contributed by atoms with E-state index in [2.05, 4.69) is 0 Å². The first-order valence-corrected chi connectivity index (χ1v) is 6.14. The Balaban J connectivity index is 1.80. The molecular formula is C14H17NO. The largest absolute Gasteiger partial charge is 0.399 e. The average molecular weight is 215 g/mol. The van der Waals surface area contributed by atoms with Crippen molar-refractivity contribution >= 4 is 11.5 Å². The van der Waals surface area contributed by atoms with Crippen molar-refractivity contribution in [3.05, 3.63) is 29.8 Å². The van der Waals surface area contributed by atoms with Gasteiger partial charge in [0.2, 0.25) is 0 Å². The summed E-state index contributed by atoms with van der Waals surface area (Å²) in [5, 5.41) is 0. The lowest BCUT2D eigenvalue weighted by Gasteiger charge is -2.20. The van der Waals surface area contributed by atoms with Crippen LogP contribution in [0.3, 0.4) is 0 Å². The standard InChI is InChI=1S/C14H17NO/c15-12-5-3-10(4-6-12)14(16)13-8-9-1-2-11(13)7-9/h3-6,9,11,13H,1-2,7-8,15H2. The molecule has 2 fully saturated rings. The van der Waals surface area contributed by atoms with Crippen LogP contribution in [0.2, 0.25) is 0 Å². The number of ketones is 1. The van der Waals surface area contributed by atoms with Crippen molar-refractivity contribution in [2.24, 2.45) is 17.8 Å². The molecule has 2 N–H and O–H groups in total. The second-order valence-corrected chi connectivity index (χ2v) is 5.27. The minimum Gasteiger partial charge on any atom is -0.399 e. The molecule has 0 aliphatic heterocycles. The van der Waals surface area contributed by atoms with Crippen LogP contribution in [0.25, 0.3) is 0 Å². The van der Waals surface area contributed by atoms with Crippen molar-refractivity contribution in [2.75, 3.05) is 5.73 Å². The molecule has 0 saturated heterocycles. The number of nitrogen functional groups attached to an aromatic ring is 1. The molecule has 2 heteroatoms. The average Bonchev–Trinajstić information content (AvgIpc) is 2.91. The first-order chi connectivity index (χ1) is 7.74. The fourth-order valence-corrected chi connectivity index (χ4v) is 3.43. The Hall–Kier alpha value is -1.31. The van der Waals surface area contributed by atoms with E-state index in [0.717, 1.165) is 23.6 Å². The van der Waals surface area contributed by atoms with E-state index in [-0.39, 0.29) is 0 Å². The van der Waals surface area contributed by atoms with E-state index in [1.165, 1.54) is 19.3 Å². The van der Waals surface area contributed by atoms with Crippen LogP contribution in [0.15, 0.2) is 24.3 Å². The first kappa shape index (κ1) is 9.88. The highest BCUT2D eigenvalue weighted by molar-refractivity contribution is 5.98. The van der Waals surface area contributed by atoms with E-state index in [9.17, 15) is 4.79 Å². The molecule has 2 bridgehead atoms. The molecule has 0 aromatic heterocycles.